The van der Waals surface area contributed by atoms with Gasteiger partial charge >= 0.3 is 0 Å². The van der Waals surface area contributed by atoms with Crippen LogP contribution in [-0.2, 0) is 0 Å². The van der Waals surface area contributed by atoms with Gasteiger partial charge in [-0.25, -0.2) is 4.39 Å². The molecule has 4 aliphatic carbocycles. The van der Waals surface area contributed by atoms with Gasteiger partial charge in [0, 0.05) is 0 Å². The van der Waals surface area contributed by atoms with E-state index in [0.29, 0.717) is 31.1 Å². The molecule has 0 aromatic carbocycles. The lowest BCUT2D eigenvalue weighted by molar-refractivity contribution is -0.158. The summed E-state index contributed by atoms with van der Waals surface area (Å²) in [5.41, 5.74) is 0.0660. The molecule has 0 radical (unpaired) electrons. The van der Waals surface area contributed by atoms with E-state index in [1.165, 1.54) is 18.4 Å². The predicted molar refractivity (Wildman–Crippen MR) is 87.2 cm³/mol. The Hall–Kier alpha value is -0.370. The van der Waals surface area contributed by atoms with Crippen LogP contribution in [0.3, 0.4) is 0 Å². The summed E-state index contributed by atoms with van der Waals surface area (Å²) in [6, 6.07) is 0. The van der Waals surface area contributed by atoms with Crippen molar-refractivity contribution in [3.63, 3.8) is 0 Å². The minimum absolute atomic E-state index is 0.0893. The van der Waals surface area contributed by atoms with Crippen molar-refractivity contribution >= 4 is 0 Å². The van der Waals surface area contributed by atoms with E-state index in [1.807, 2.05) is 6.92 Å². The van der Waals surface area contributed by atoms with Gasteiger partial charge in [-0.3, -0.25) is 0 Å². The minimum atomic E-state index is -1.00. The summed E-state index contributed by atoms with van der Waals surface area (Å²) < 4.78 is 16.0. The maximum atomic E-state index is 16.0. The summed E-state index contributed by atoms with van der Waals surface area (Å²) in [5, 5.41) is 10.4. The van der Waals surface area contributed by atoms with E-state index in [-0.39, 0.29) is 17.3 Å². The summed E-state index contributed by atoms with van der Waals surface area (Å²) in [6.45, 7) is 8.63. The van der Waals surface area contributed by atoms with E-state index >= 15 is 4.39 Å². The fourth-order valence-corrected chi connectivity index (χ4v) is 6.88. The SMILES string of the molecule is C=C1CC[C@H]2[C@@H]3CC[C@@H]4C[C@](C)(O)CC[C@]4(F)[C@H]3CC[C@]12C. The zero-order valence-electron chi connectivity index (χ0n) is 14.2. The van der Waals surface area contributed by atoms with Crippen LogP contribution < -0.4 is 0 Å². The van der Waals surface area contributed by atoms with E-state index in [4.69, 9.17) is 0 Å². The lowest BCUT2D eigenvalue weighted by Crippen LogP contribution is -2.58. The minimum Gasteiger partial charge on any atom is -0.390 e. The molecule has 0 saturated heterocycles. The van der Waals surface area contributed by atoms with E-state index < -0.39 is 11.3 Å². The van der Waals surface area contributed by atoms with Crippen LogP contribution in [-0.4, -0.2) is 16.4 Å². The van der Waals surface area contributed by atoms with Gasteiger partial charge in [0.15, 0.2) is 0 Å². The van der Waals surface area contributed by atoms with E-state index in [1.54, 1.807) is 0 Å². The monoisotopic (exact) mass is 306 g/mol. The highest BCUT2D eigenvalue weighted by atomic mass is 19.1. The summed E-state index contributed by atoms with van der Waals surface area (Å²) in [7, 11) is 0. The summed E-state index contributed by atoms with van der Waals surface area (Å²) in [4.78, 5) is 0. The zero-order chi connectivity index (χ0) is 15.8. The molecule has 0 spiro atoms. The molecule has 0 heterocycles. The van der Waals surface area contributed by atoms with Crippen molar-refractivity contribution < 1.29 is 9.50 Å². The molecule has 4 saturated carbocycles. The molecule has 2 heteroatoms. The second kappa shape index (κ2) is 4.59. The Labute approximate surface area is 134 Å². The first-order valence-corrected chi connectivity index (χ1v) is 9.36. The molecule has 0 unspecified atom stereocenters. The van der Waals surface area contributed by atoms with Gasteiger partial charge < -0.3 is 5.11 Å². The van der Waals surface area contributed by atoms with Crippen LogP contribution in [0.2, 0.25) is 0 Å². The summed E-state index contributed by atoms with van der Waals surface area (Å²) >= 11 is 0. The Morgan fingerprint density at radius 2 is 1.82 bits per heavy atom. The Kier molecular flexibility index (Phi) is 3.16. The molecule has 1 nitrogen and oxygen atoms in total. The average Bonchev–Trinajstić information content (AvgIpc) is 2.76. The number of hydrogen-bond donors (Lipinski definition) is 1. The molecule has 1 N–H and O–H groups in total. The van der Waals surface area contributed by atoms with Gasteiger partial charge in [0.2, 0.25) is 0 Å². The van der Waals surface area contributed by atoms with Crippen LogP contribution in [0.4, 0.5) is 4.39 Å². The maximum absolute atomic E-state index is 16.0. The standard InChI is InChI=1S/C20H31FO/c1-13-4-7-16-15-6-5-14-12-18(2,22)10-11-20(14,21)17(15)8-9-19(13,16)3/h14-17,22H,1,4-12H2,2-3H3/t14-,15+,16+,17+,18-,19-,20-/m1/s1. The third-order valence-corrected chi connectivity index (χ3v) is 8.27. The lowest BCUT2D eigenvalue weighted by atomic mass is 9.48. The third-order valence-electron chi connectivity index (χ3n) is 8.27. The Morgan fingerprint density at radius 1 is 1.05 bits per heavy atom. The number of halogens is 1. The first kappa shape index (κ1) is 15.2. The number of allylic oxidation sites excluding steroid dienone is 1. The fraction of sp³-hybridized carbons (Fsp3) is 0.900. The van der Waals surface area contributed by atoms with Gasteiger partial charge in [-0.15, -0.1) is 0 Å². The molecule has 4 aliphatic rings. The first-order chi connectivity index (χ1) is 10.3. The quantitative estimate of drug-likeness (QED) is 0.622. The normalized spacial score (nSPS) is 57.9. The highest BCUT2D eigenvalue weighted by Crippen LogP contribution is 2.66. The largest absolute Gasteiger partial charge is 0.390 e. The van der Waals surface area contributed by atoms with E-state index in [9.17, 15) is 5.11 Å². The Morgan fingerprint density at radius 3 is 2.59 bits per heavy atom. The van der Waals surface area contributed by atoms with Crippen molar-refractivity contribution in [2.45, 2.75) is 82.9 Å². The molecule has 0 amide bonds. The van der Waals surface area contributed by atoms with Gasteiger partial charge in [-0.05, 0) is 93.8 Å². The van der Waals surface area contributed by atoms with E-state index in [0.717, 1.165) is 25.7 Å². The van der Waals surface area contributed by atoms with Crippen molar-refractivity contribution in [1.82, 2.24) is 0 Å². The molecule has 4 fully saturated rings. The lowest BCUT2D eigenvalue weighted by Gasteiger charge is -2.58. The van der Waals surface area contributed by atoms with Crippen molar-refractivity contribution in [2.75, 3.05) is 0 Å². The average molecular weight is 306 g/mol. The van der Waals surface area contributed by atoms with Crippen LogP contribution >= 0.6 is 0 Å². The molecular formula is C20H31FO. The maximum Gasteiger partial charge on any atom is 0.117 e. The summed E-state index contributed by atoms with van der Waals surface area (Å²) in [6.07, 6.45) is 8.59. The molecule has 124 valence electrons. The fourth-order valence-electron chi connectivity index (χ4n) is 6.88. The van der Waals surface area contributed by atoms with E-state index in [2.05, 4.69) is 13.5 Å². The molecule has 22 heavy (non-hydrogen) atoms. The van der Waals surface area contributed by atoms with Crippen molar-refractivity contribution in [3.05, 3.63) is 12.2 Å². The Balaban J connectivity index is 1.63. The van der Waals surface area contributed by atoms with Crippen molar-refractivity contribution in [1.29, 1.82) is 0 Å². The zero-order valence-corrected chi connectivity index (χ0v) is 14.2. The number of rotatable bonds is 0. The molecule has 0 aromatic heterocycles. The molecule has 0 aliphatic heterocycles. The third kappa shape index (κ3) is 1.92. The second-order valence-corrected chi connectivity index (χ2v) is 9.38. The molecular weight excluding hydrogens is 275 g/mol. The number of fused-ring (bicyclic) bond motifs is 5. The molecule has 0 aromatic rings. The van der Waals surface area contributed by atoms with Crippen molar-refractivity contribution in [2.24, 2.45) is 29.1 Å². The van der Waals surface area contributed by atoms with Gasteiger partial charge in [0.1, 0.15) is 5.67 Å². The molecule has 0 bridgehead atoms. The summed E-state index contributed by atoms with van der Waals surface area (Å²) in [5.74, 6) is 1.55. The van der Waals surface area contributed by atoms with Gasteiger partial charge in [-0.1, -0.05) is 19.1 Å². The van der Waals surface area contributed by atoms with Crippen LogP contribution in [0.25, 0.3) is 0 Å². The smallest absolute Gasteiger partial charge is 0.117 e. The number of alkyl halides is 1. The van der Waals surface area contributed by atoms with Crippen LogP contribution in [0.1, 0.15) is 71.6 Å². The van der Waals surface area contributed by atoms with Gasteiger partial charge in [0.25, 0.3) is 0 Å². The first-order valence-electron chi connectivity index (χ1n) is 9.36. The van der Waals surface area contributed by atoms with Crippen LogP contribution in [0, 0.1) is 29.1 Å². The second-order valence-electron chi connectivity index (χ2n) is 9.38. The molecule has 7 atom stereocenters. The highest BCUT2D eigenvalue weighted by Gasteiger charge is 2.61. The predicted octanol–water partition coefficient (Wildman–Crippen LogP) is 5.04. The topological polar surface area (TPSA) is 20.2 Å². The van der Waals surface area contributed by atoms with Crippen molar-refractivity contribution in [3.8, 4) is 0 Å². The number of aliphatic hydroxyl groups is 1. The number of hydrogen-bond acceptors (Lipinski definition) is 1. The van der Waals surface area contributed by atoms with Crippen LogP contribution in [0.5, 0.6) is 0 Å². The van der Waals surface area contributed by atoms with Gasteiger partial charge in [0.05, 0.1) is 5.60 Å². The van der Waals surface area contributed by atoms with Crippen LogP contribution in [0.15, 0.2) is 12.2 Å². The molecule has 4 rings (SSSR count). The Bertz CT molecular complexity index is 498. The highest BCUT2D eigenvalue weighted by molar-refractivity contribution is 5.22. The van der Waals surface area contributed by atoms with Gasteiger partial charge in [-0.2, -0.15) is 0 Å².